The van der Waals surface area contributed by atoms with Gasteiger partial charge < -0.3 is 5.73 Å². The van der Waals surface area contributed by atoms with Gasteiger partial charge in [0.2, 0.25) is 0 Å². The topological polar surface area (TPSA) is 113 Å². The summed E-state index contributed by atoms with van der Waals surface area (Å²) in [5.74, 6) is -0.334. The summed E-state index contributed by atoms with van der Waals surface area (Å²) in [4.78, 5) is 25.9. The van der Waals surface area contributed by atoms with Gasteiger partial charge in [0.15, 0.2) is 5.78 Å². The van der Waals surface area contributed by atoms with Crippen molar-refractivity contribution in [1.82, 2.24) is 0 Å². The maximum atomic E-state index is 13.2. The summed E-state index contributed by atoms with van der Waals surface area (Å²) in [7, 11) is 0. The Morgan fingerprint density at radius 1 is 1.12 bits per heavy atom. The van der Waals surface area contributed by atoms with Crippen LogP contribution in [0.5, 0.6) is 0 Å². The Bertz CT molecular complexity index is 1270. The normalized spacial score (nSPS) is 18.5. The summed E-state index contributed by atoms with van der Waals surface area (Å²) in [6.45, 7) is 5.77. The lowest BCUT2D eigenvalue weighted by Crippen LogP contribution is -2.39. The van der Waals surface area contributed by atoms with Crippen LogP contribution >= 0.6 is 0 Å². The van der Waals surface area contributed by atoms with Gasteiger partial charge >= 0.3 is 0 Å². The maximum Gasteiger partial charge on any atom is 0.271 e. The largest absolute Gasteiger partial charge is 0.384 e. The van der Waals surface area contributed by atoms with Gasteiger partial charge in [-0.2, -0.15) is 5.26 Å². The van der Waals surface area contributed by atoms with E-state index in [1.54, 1.807) is 11.0 Å². The number of hydrogen-bond donors (Lipinski definition) is 1. The van der Waals surface area contributed by atoms with Gasteiger partial charge in [-0.15, -0.1) is 0 Å². The first-order chi connectivity index (χ1) is 15.2. The minimum Gasteiger partial charge on any atom is -0.384 e. The molecule has 2 aromatic carbocycles. The van der Waals surface area contributed by atoms with Crippen molar-refractivity contribution >= 4 is 17.2 Å². The second kappa shape index (κ2) is 7.97. The highest BCUT2D eigenvalue weighted by atomic mass is 16.6. The molecule has 7 nitrogen and oxygen atoms in total. The number of nitrogens with two attached hydrogens (primary N) is 1. The van der Waals surface area contributed by atoms with Gasteiger partial charge in [0.05, 0.1) is 28.2 Å². The molecule has 1 aliphatic carbocycles. The highest BCUT2D eigenvalue weighted by molar-refractivity contribution is 6.01. The SMILES string of the molecule is Cc1ccc(C)c([C@H]2C(C#N)=C(N)N(c3cc([N+](=O)[O-])ccc3C)C3=C2C(=O)CCC3)c1. The minimum atomic E-state index is -0.544. The molecule has 0 bridgehead atoms. The van der Waals surface area contributed by atoms with E-state index in [1.807, 2.05) is 39.0 Å². The van der Waals surface area contributed by atoms with Gasteiger partial charge in [-0.1, -0.05) is 29.8 Å². The molecule has 1 atom stereocenters. The molecule has 0 unspecified atom stereocenters. The molecule has 7 heteroatoms. The predicted octanol–water partition coefficient (Wildman–Crippen LogP) is 4.82. The molecule has 2 aliphatic rings. The van der Waals surface area contributed by atoms with Crippen molar-refractivity contribution in [2.24, 2.45) is 5.73 Å². The number of nitriles is 1. The minimum absolute atomic E-state index is 0.00881. The van der Waals surface area contributed by atoms with E-state index in [0.29, 0.717) is 36.1 Å². The summed E-state index contributed by atoms with van der Waals surface area (Å²) in [6.07, 6.45) is 1.67. The average Bonchev–Trinajstić information content (AvgIpc) is 2.75. The first kappa shape index (κ1) is 21.3. The van der Waals surface area contributed by atoms with Crippen LogP contribution in [-0.4, -0.2) is 10.7 Å². The molecule has 0 saturated heterocycles. The highest BCUT2D eigenvalue weighted by Gasteiger charge is 2.41. The Hall–Kier alpha value is -3.92. The fourth-order valence-electron chi connectivity index (χ4n) is 4.70. The lowest BCUT2D eigenvalue weighted by atomic mass is 9.74. The summed E-state index contributed by atoms with van der Waals surface area (Å²) < 4.78 is 0. The predicted molar refractivity (Wildman–Crippen MR) is 122 cm³/mol. The Morgan fingerprint density at radius 3 is 2.53 bits per heavy atom. The Labute approximate surface area is 186 Å². The van der Waals surface area contributed by atoms with Crippen LogP contribution in [0.25, 0.3) is 0 Å². The van der Waals surface area contributed by atoms with Gasteiger partial charge in [0.25, 0.3) is 5.69 Å². The standard InChI is InChI=1S/C25H24N4O3/c1-14-7-8-15(2)18(11-14)23-19(13-26)25(27)28(20-5-4-6-22(30)24(20)23)21-12-17(29(31)32)10-9-16(21)3/h7-12,23H,4-6,27H2,1-3H3/t23-/m0/s1. The second-order valence-corrected chi connectivity index (χ2v) is 8.40. The van der Waals surface area contributed by atoms with Gasteiger partial charge in [-0.05, 0) is 50.3 Å². The Balaban J connectivity index is 2.03. The zero-order valence-corrected chi connectivity index (χ0v) is 18.3. The zero-order valence-electron chi connectivity index (χ0n) is 18.3. The number of anilines is 1. The molecule has 0 saturated carbocycles. The molecule has 2 N–H and O–H groups in total. The van der Waals surface area contributed by atoms with Crippen molar-refractivity contribution in [1.29, 1.82) is 5.26 Å². The highest BCUT2D eigenvalue weighted by Crippen LogP contribution is 2.47. The lowest BCUT2D eigenvalue weighted by Gasteiger charge is -2.40. The number of ketones is 1. The van der Waals surface area contributed by atoms with E-state index in [4.69, 9.17) is 5.73 Å². The van der Waals surface area contributed by atoms with Crippen LogP contribution < -0.4 is 10.6 Å². The third kappa shape index (κ3) is 3.34. The number of benzene rings is 2. The summed E-state index contributed by atoms with van der Waals surface area (Å²) in [5, 5.41) is 21.6. The second-order valence-electron chi connectivity index (χ2n) is 8.40. The van der Waals surface area contributed by atoms with Crippen molar-refractivity contribution in [3.8, 4) is 6.07 Å². The molecule has 32 heavy (non-hydrogen) atoms. The van der Waals surface area contributed by atoms with Crippen LogP contribution in [0.15, 0.2) is 59.1 Å². The molecule has 162 valence electrons. The third-order valence-electron chi connectivity index (χ3n) is 6.30. The van der Waals surface area contributed by atoms with E-state index in [0.717, 1.165) is 28.0 Å². The van der Waals surface area contributed by atoms with E-state index in [-0.39, 0.29) is 17.3 Å². The first-order valence-electron chi connectivity index (χ1n) is 10.5. The van der Waals surface area contributed by atoms with E-state index in [9.17, 15) is 20.2 Å². The molecule has 1 heterocycles. The number of non-ortho nitro benzene ring substituents is 1. The quantitative estimate of drug-likeness (QED) is 0.554. The molecule has 0 fully saturated rings. The molecule has 0 amide bonds. The molecule has 0 radical (unpaired) electrons. The smallest absolute Gasteiger partial charge is 0.271 e. The van der Waals surface area contributed by atoms with Crippen LogP contribution in [0.3, 0.4) is 0 Å². The number of carbonyl (C=O) groups excluding carboxylic acids is 1. The zero-order chi connectivity index (χ0) is 23.2. The van der Waals surface area contributed by atoms with E-state index in [1.165, 1.54) is 12.1 Å². The van der Waals surface area contributed by atoms with Crippen LogP contribution in [-0.2, 0) is 4.79 Å². The van der Waals surface area contributed by atoms with Crippen LogP contribution in [0.2, 0.25) is 0 Å². The third-order valence-corrected chi connectivity index (χ3v) is 6.30. The van der Waals surface area contributed by atoms with Crippen LogP contribution in [0, 0.1) is 42.2 Å². The summed E-state index contributed by atoms with van der Waals surface area (Å²) in [6, 6.07) is 12.8. The van der Waals surface area contributed by atoms with Gasteiger partial charge in [0, 0.05) is 29.8 Å². The maximum absolute atomic E-state index is 13.2. The van der Waals surface area contributed by atoms with Crippen molar-refractivity contribution < 1.29 is 9.72 Å². The number of carbonyl (C=O) groups is 1. The van der Waals surface area contributed by atoms with E-state index in [2.05, 4.69) is 6.07 Å². The number of hydrogen-bond acceptors (Lipinski definition) is 6. The molecule has 2 aromatic rings. The average molecular weight is 428 g/mol. The number of nitro benzene ring substituents is 1. The van der Waals surface area contributed by atoms with Crippen LogP contribution in [0.4, 0.5) is 11.4 Å². The van der Waals surface area contributed by atoms with Crippen molar-refractivity contribution in [2.75, 3.05) is 4.90 Å². The summed E-state index contributed by atoms with van der Waals surface area (Å²) in [5.41, 5.74) is 12.3. The number of nitrogens with zero attached hydrogens (tertiary/aromatic N) is 3. The molecular formula is C25H24N4O3. The molecule has 0 spiro atoms. The lowest BCUT2D eigenvalue weighted by molar-refractivity contribution is -0.384. The molecular weight excluding hydrogens is 404 g/mol. The van der Waals surface area contributed by atoms with Crippen molar-refractivity contribution in [3.63, 3.8) is 0 Å². The number of aryl methyl sites for hydroxylation is 3. The van der Waals surface area contributed by atoms with Gasteiger partial charge in [-0.25, -0.2) is 0 Å². The fraction of sp³-hybridized carbons (Fsp3) is 0.280. The molecule has 4 rings (SSSR count). The number of nitro groups is 1. The van der Waals surface area contributed by atoms with Gasteiger partial charge in [-0.3, -0.25) is 19.8 Å². The summed E-state index contributed by atoms with van der Waals surface area (Å²) >= 11 is 0. The Morgan fingerprint density at radius 2 is 1.84 bits per heavy atom. The van der Waals surface area contributed by atoms with Crippen molar-refractivity contribution in [2.45, 2.75) is 46.0 Å². The van der Waals surface area contributed by atoms with Crippen LogP contribution in [0.1, 0.15) is 47.4 Å². The first-order valence-corrected chi connectivity index (χ1v) is 10.5. The molecule has 1 aliphatic heterocycles. The number of allylic oxidation sites excluding steroid dienone is 3. The fourth-order valence-corrected chi connectivity index (χ4v) is 4.70. The van der Waals surface area contributed by atoms with Gasteiger partial charge in [0.1, 0.15) is 5.82 Å². The Kier molecular flexibility index (Phi) is 5.31. The van der Waals surface area contributed by atoms with E-state index < -0.39 is 10.8 Å². The monoisotopic (exact) mass is 428 g/mol. The number of rotatable bonds is 3. The van der Waals surface area contributed by atoms with Crippen molar-refractivity contribution in [3.05, 3.63) is 91.4 Å². The van der Waals surface area contributed by atoms with E-state index >= 15 is 0 Å². The number of Topliss-reactive ketones (excluding diaryl/α,β-unsaturated/α-hetero) is 1. The molecule has 0 aromatic heterocycles.